The van der Waals surface area contributed by atoms with E-state index in [1.807, 2.05) is 255 Å². The topological polar surface area (TPSA) is 271 Å². The van der Waals surface area contributed by atoms with E-state index in [-0.39, 0.29) is 112 Å². The lowest BCUT2D eigenvalue weighted by Crippen LogP contribution is -2.42. The van der Waals surface area contributed by atoms with Gasteiger partial charge in [0, 0.05) is 201 Å². The highest BCUT2D eigenvalue weighted by Crippen LogP contribution is 2.35. The molecule has 28 heteroatoms. The molecule has 6 heterocycles. The summed E-state index contributed by atoms with van der Waals surface area (Å²) >= 11 is 41.6. The Morgan fingerprint density at radius 1 is 0.262 bits per heavy atom. The lowest BCUT2D eigenvalue weighted by atomic mass is 9.88. The van der Waals surface area contributed by atoms with Crippen molar-refractivity contribution in [3.05, 3.63) is 244 Å². The molecule has 6 fully saturated rings. The summed E-state index contributed by atoms with van der Waals surface area (Å²) in [5.41, 5.74) is 21.9. The number of Topliss-reactive ketones (excluding diaryl/α,β-unsaturated/α-hetero) is 7. The fourth-order valence-electron chi connectivity index (χ4n) is 19.1. The number of rotatable bonds is 38. The number of hydroxylamine groups is 1. The van der Waals surface area contributed by atoms with E-state index in [0.717, 1.165) is 234 Å². The summed E-state index contributed by atoms with van der Waals surface area (Å²) in [4.78, 5) is 107. The van der Waals surface area contributed by atoms with Crippen molar-refractivity contribution < 1.29 is 58.1 Å². The molecule has 21 nitrogen and oxygen atoms in total. The Labute approximate surface area is 902 Å². The van der Waals surface area contributed by atoms with E-state index in [2.05, 4.69) is 34.9 Å². The van der Waals surface area contributed by atoms with Crippen molar-refractivity contribution in [2.75, 3.05) is 146 Å². The highest BCUT2D eigenvalue weighted by atomic mass is 35.5. The number of hydrogen-bond acceptors (Lipinski definition) is 21. The van der Waals surface area contributed by atoms with Crippen LogP contribution in [0.1, 0.15) is 254 Å². The molecule has 0 bridgehead atoms. The molecule has 0 aromatic heterocycles. The first kappa shape index (κ1) is 126. The van der Waals surface area contributed by atoms with Crippen molar-refractivity contribution in [3.63, 3.8) is 0 Å². The summed E-state index contributed by atoms with van der Waals surface area (Å²) in [7, 11) is 5.09. The van der Waals surface area contributed by atoms with Crippen molar-refractivity contribution in [2.45, 2.75) is 252 Å². The number of ether oxygens (including phenoxy) is 2. The Bertz CT molecular complexity index is 4450. The van der Waals surface area contributed by atoms with Crippen LogP contribution < -0.4 is 16.9 Å². The molecule has 7 atom stereocenters. The van der Waals surface area contributed by atoms with Crippen LogP contribution in [0, 0.1) is 41.4 Å². The number of nitrogens with two attached hydrogens (primary N) is 2. The van der Waals surface area contributed by atoms with Crippen LogP contribution in [0.3, 0.4) is 0 Å². The molecule has 0 spiro atoms. The monoisotopic (exact) mass is 2140 g/mol. The summed E-state index contributed by atoms with van der Waals surface area (Å²) in [6.07, 6.45) is 11.8. The number of nitrogens with one attached hydrogen (secondary N) is 1. The maximum absolute atomic E-state index is 12.6. The number of methoxy groups -OCH3 is 2. The summed E-state index contributed by atoms with van der Waals surface area (Å²) in [5, 5.41) is 24.1. The minimum Gasteiger partial charge on any atom is -0.393 e. The minimum absolute atomic E-state index is 0.00525. The molecule has 7 N–H and O–H groups in total. The first-order valence-electron chi connectivity index (χ1n) is 52.5. The molecule has 13 rings (SSSR count). The van der Waals surface area contributed by atoms with Gasteiger partial charge >= 0.3 is 0 Å². The third kappa shape index (κ3) is 44.1. The van der Waals surface area contributed by atoms with E-state index in [4.69, 9.17) is 107 Å². The van der Waals surface area contributed by atoms with Crippen LogP contribution in [0.4, 0.5) is 0 Å². The number of carbonyl (C=O) groups excluding carboxylic acids is 7. The van der Waals surface area contributed by atoms with Crippen LogP contribution in [0.2, 0.25) is 35.2 Å². The number of ketones is 7. The number of carbonyl (C=O) groups is 7. The average Bonchev–Trinajstić information content (AvgIpc) is 0.851. The largest absolute Gasteiger partial charge is 0.393 e. The fraction of sp³-hybridized carbons (Fsp3) is 0.581. The van der Waals surface area contributed by atoms with Gasteiger partial charge in [-0.2, -0.15) is 0 Å². The average molecular weight is 2140 g/mol. The molecule has 802 valence electrons. The number of halogens is 7. The SMILES string of the molecule is CC(C)C(=O)[C@@H](CN1CCC(N)CC1)c1ccc(Cl)cc1.CC(C)C(=O)[C@@H](CN1CCC(O)CC1)c1ccc(Cl)cc1.CC(C)C(=O)[C@H](CN1CCC(N)CC1)c1ccc(Cl)cc1.CC(C)C(=O)[C@H](CN1CCC(O)CC1)c1ccc(Cl)cc1.COC1CCN(C[C@@H](C(=O)C(C)C)c2ccc(Cl)cc2)CC1.COC1CCN(C[C@H](C(=O)C(C)C)c2ccc(Cl)cc2)CC1.CONC[C@@H](C(=O)C(C)C)c1ccc(Cl)cc1. The first-order valence-corrected chi connectivity index (χ1v) is 55.2. The zero-order valence-electron chi connectivity index (χ0n) is 89.1. The van der Waals surface area contributed by atoms with Crippen LogP contribution in [0.5, 0.6) is 0 Å². The van der Waals surface area contributed by atoms with Gasteiger partial charge in [-0.3, -0.25) is 33.6 Å². The Morgan fingerprint density at radius 3 is 0.559 bits per heavy atom. The summed E-state index contributed by atoms with van der Waals surface area (Å²) in [6, 6.07) is 53.9. The maximum atomic E-state index is 12.6. The van der Waals surface area contributed by atoms with Gasteiger partial charge in [0.15, 0.2) is 0 Å². The Morgan fingerprint density at radius 2 is 0.407 bits per heavy atom. The highest BCUT2D eigenvalue weighted by molar-refractivity contribution is 6.32. The summed E-state index contributed by atoms with van der Waals surface area (Å²) in [6.45, 7) is 43.8. The zero-order chi connectivity index (χ0) is 107. The lowest BCUT2D eigenvalue weighted by Gasteiger charge is -2.33. The van der Waals surface area contributed by atoms with Gasteiger partial charge in [-0.1, -0.05) is 263 Å². The number of aliphatic hydroxyl groups excluding tert-OH is 2. The van der Waals surface area contributed by atoms with E-state index in [0.29, 0.717) is 89.1 Å². The van der Waals surface area contributed by atoms with Gasteiger partial charge in [0.2, 0.25) is 0 Å². The molecule has 0 aliphatic carbocycles. The van der Waals surface area contributed by atoms with Crippen LogP contribution >= 0.6 is 81.2 Å². The number of benzene rings is 7. The zero-order valence-corrected chi connectivity index (χ0v) is 94.4. The lowest BCUT2D eigenvalue weighted by molar-refractivity contribution is -0.124. The number of nitrogens with zero attached hydrogens (tertiary/aromatic N) is 6. The summed E-state index contributed by atoms with van der Waals surface area (Å²) in [5.74, 6) is 1.39. The standard InChI is InChI=1S/2C18H26ClNO2.2C17H25ClN2O.2C17H24ClNO2.C13H18ClNO2/c2*1-13(2)18(21)17(14-4-6-15(19)7-5-14)12-20-10-8-16(22-3)9-11-20;2*1-12(2)17(21)16(13-3-5-14(18)6-4-13)11-20-9-7-15(19)8-10-20;2*1-12(2)17(21)16(13-3-5-14(18)6-4-13)11-19-9-7-15(20)8-10-19;1-9(2)13(16)12(8-15-17-3)10-4-6-11(14)7-5-10/h2*4-7,13,16-17H,8-12H2,1-3H3;2*3-6,12,15-16H,7-11,19H2,1-2H3;2*3-6,12,15-16,20H,7-11H2,1-2H3;4-7,9,12,15H,8H2,1-3H3/t2*17-;4*16-;12-/m1010101/s1. The second-order valence-electron chi connectivity index (χ2n) is 42.0. The Hall–Kier alpha value is -6.30. The predicted octanol–water partition coefficient (Wildman–Crippen LogP) is 22.7. The first-order chi connectivity index (χ1) is 68.9. The third-order valence-electron chi connectivity index (χ3n) is 28.5. The molecule has 7 aromatic rings. The molecular formula is C117H168Cl7N9O12. The van der Waals surface area contributed by atoms with Crippen molar-refractivity contribution in [3.8, 4) is 0 Å². The van der Waals surface area contributed by atoms with Gasteiger partial charge in [0.1, 0.15) is 40.5 Å². The van der Waals surface area contributed by atoms with Crippen molar-refractivity contribution in [2.24, 2.45) is 52.9 Å². The van der Waals surface area contributed by atoms with Gasteiger partial charge in [-0.25, -0.2) is 5.48 Å². The van der Waals surface area contributed by atoms with Gasteiger partial charge < -0.3 is 65.4 Å². The summed E-state index contributed by atoms with van der Waals surface area (Å²) < 4.78 is 10.8. The second kappa shape index (κ2) is 65.8. The molecule has 7 aromatic carbocycles. The number of likely N-dealkylation sites (tertiary alicyclic amines) is 6. The van der Waals surface area contributed by atoms with Crippen LogP contribution in [-0.4, -0.2) is 262 Å². The predicted molar refractivity (Wildman–Crippen MR) is 597 cm³/mol. The van der Waals surface area contributed by atoms with E-state index >= 15 is 0 Å². The van der Waals surface area contributed by atoms with Crippen molar-refractivity contribution in [1.29, 1.82) is 0 Å². The minimum atomic E-state index is -0.202. The van der Waals surface area contributed by atoms with Gasteiger partial charge in [-0.15, -0.1) is 0 Å². The third-order valence-corrected chi connectivity index (χ3v) is 30.2. The van der Waals surface area contributed by atoms with Gasteiger partial charge in [0.25, 0.3) is 0 Å². The number of piperidine rings is 6. The van der Waals surface area contributed by atoms with Crippen LogP contribution in [-0.2, 0) is 47.9 Å². The number of hydrogen-bond donors (Lipinski definition) is 5. The fourth-order valence-corrected chi connectivity index (χ4v) is 20.0. The Balaban J connectivity index is 0.000000230. The number of aliphatic hydroxyl groups is 2. The molecule has 145 heavy (non-hydrogen) atoms. The normalized spacial score (nSPS) is 18.1. The molecule has 0 radical (unpaired) electrons. The van der Waals surface area contributed by atoms with Gasteiger partial charge in [0.05, 0.1) is 73.0 Å². The molecule has 0 unspecified atom stereocenters. The van der Waals surface area contributed by atoms with E-state index in [1.54, 1.807) is 33.5 Å². The molecular weight excluding hydrogens is 1970 g/mol. The highest BCUT2D eigenvalue weighted by Gasteiger charge is 2.36. The van der Waals surface area contributed by atoms with E-state index in [1.165, 1.54) is 0 Å². The second-order valence-corrected chi connectivity index (χ2v) is 45.0. The van der Waals surface area contributed by atoms with Crippen LogP contribution in [0.15, 0.2) is 170 Å². The quantitative estimate of drug-likeness (QED) is 0.0225. The van der Waals surface area contributed by atoms with E-state index in [9.17, 15) is 43.8 Å². The van der Waals surface area contributed by atoms with Crippen LogP contribution in [0.25, 0.3) is 0 Å². The Kier molecular flexibility index (Phi) is 57.0. The molecule has 0 saturated carbocycles. The van der Waals surface area contributed by atoms with Crippen molar-refractivity contribution >= 4 is 122 Å². The maximum Gasteiger partial charge on any atom is 0.144 e. The molecule has 0 amide bonds. The van der Waals surface area contributed by atoms with Crippen molar-refractivity contribution in [1.82, 2.24) is 34.9 Å². The molecule has 6 saturated heterocycles. The smallest absolute Gasteiger partial charge is 0.144 e. The molecule has 6 aliphatic rings. The van der Waals surface area contributed by atoms with Gasteiger partial charge in [-0.05, 0) is 227 Å². The van der Waals surface area contributed by atoms with E-state index < -0.39 is 0 Å². The molecule has 6 aliphatic heterocycles.